The molecule has 7 heteroatoms. The van der Waals surface area contributed by atoms with Crippen molar-refractivity contribution in [2.24, 2.45) is 0 Å². The van der Waals surface area contributed by atoms with E-state index >= 15 is 0 Å². The molecule has 0 fully saturated rings. The van der Waals surface area contributed by atoms with Crippen molar-refractivity contribution < 1.29 is 22.4 Å². The summed E-state index contributed by atoms with van der Waals surface area (Å²) >= 11 is 0. The summed E-state index contributed by atoms with van der Waals surface area (Å²) in [7, 11) is 0. The summed E-state index contributed by atoms with van der Waals surface area (Å²) in [5.41, 5.74) is -1.02. The zero-order chi connectivity index (χ0) is 15.5. The smallest absolute Gasteiger partial charge is 0.348 e. The second kappa shape index (κ2) is 5.90. The predicted molar refractivity (Wildman–Crippen MR) is 66.8 cm³/mol. The molecule has 2 rings (SSSR count). The number of hydrogen-bond acceptors (Lipinski definition) is 2. The van der Waals surface area contributed by atoms with E-state index < -0.39 is 23.5 Å². The Morgan fingerprint density at radius 2 is 2.00 bits per heavy atom. The van der Waals surface area contributed by atoms with Crippen molar-refractivity contribution in [3.8, 4) is 0 Å². The number of hydrogen-bond donors (Lipinski definition) is 1. The molecule has 2 aromatic rings. The number of pyridine rings is 1. The zero-order valence-electron chi connectivity index (χ0n) is 10.6. The molecule has 1 heterocycles. The standard InChI is InChI=1S/C14H10F4N2O/c15-12-4-3-10(6-11(12)14(16,17)18)13(21)20-8-9-2-1-5-19-7-9/h1-7H,8H2,(H,20,21). The first kappa shape index (κ1) is 15.0. The van der Waals surface area contributed by atoms with Crippen LogP contribution in [-0.4, -0.2) is 10.9 Å². The summed E-state index contributed by atoms with van der Waals surface area (Å²) in [5.74, 6) is -2.13. The molecule has 0 saturated heterocycles. The van der Waals surface area contributed by atoms with E-state index in [9.17, 15) is 22.4 Å². The molecule has 0 aliphatic heterocycles. The first-order chi connectivity index (χ1) is 9.88. The largest absolute Gasteiger partial charge is 0.419 e. The molecule has 21 heavy (non-hydrogen) atoms. The first-order valence-corrected chi connectivity index (χ1v) is 5.92. The molecular formula is C14H10F4N2O. The maximum atomic E-state index is 13.1. The van der Waals surface area contributed by atoms with Crippen LogP contribution >= 0.6 is 0 Å². The molecule has 1 aromatic carbocycles. The van der Waals surface area contributed by atoms with E-state index in [1.807, 2.05) is 0 Å². The number of nitrogens with one attached hydrogen (secondary N) is 1. The van der Waals surface area contributed by atoms with Crippen LogP contribution in [0.25, 0.3) is 0 Å². The predicted octanol–water partition coefficient (Wildman–Crippen LogP) is 3.17. The molecule has 0 aliphatic rings. The van der Waals surface area contributed by atoms with Crippen molar-refractivity contribution in [2.75, 3.05) is 0 Å². The van der Waals surface area contributed by atoms with Gasteiger partial charge in [0.25, 0.3) is 5.91 Å². The fraction of sp³-hybridized carbons (Fsp3) is 0.143. The lowest BCUT2D eigenvalue weighted by atomic mass is 10.1. The SMILES string of the molecule is O=C(NCc1cccnc1)c1ccc(F)c(C(F)(F)F)c1. The average Bonchev–Trinajstić information content (AvgIpc) is 2.45. The molecule has 0 bridgehead atoms. The average molecular weight is 298 g/mol. The van der Waals surface area contributed by atoms with E-state index in [0.717, 1.165) is 6.07 Å². The van der Waals surface area contributed by atoms with Gasteiger partial charge in [0.1, 0.15) is 5.82 Å². The molecule has 0 saturated carbocycles. The van der Waals surface area contributed by atoms with Crippen molar-refractivity contribution in [1.82, 2.24) is 10.3 Å². The van der Waals surface area contributed by atoms with Gasteiger partial charge in [-0.25, -0.2) is 4.39 Å². The minimum absolute atomic E-state index is 0.116. The lowest BCUT2D eigenvalue weighted by Crippen LogP contribution is -2.23. The van der Waals surface area contributed by atoms with Gasteiger partial charge in [0, 0.05) is 24.5 Å². The van der Waals surface area contributed by atoms with Gasteiger partial charge in [0.2, 0.25) is 0 Å². The van der Waals surface area contributed by atoms with E-state index in [4.69, 9.17) is 0 Å². The Hall–Kier alpha value is -2.44. The van der Waals surface area contributed by atoms with Gasteiger partial charge in [-0.3, -0.25) is 9.78 Å². The Kier molecular flexibility index (Phi) is 4.21. The van der Waals surface area contributed by atoms with Gasteiger partial charge in [-0.1, -0.05) is 6.07 Å². The summed E-state index contributed by atoms with van der Waals surface area (Å²) in [5, 5.41) is 2.44. The Balaban J connectivity index is 2.13. The highest BCUT2D eigenvalue weighted by Gasteiger charge is 2.34. The van der Waals surface area contributed by atoms with E-state index in [0.29, 0.717) is 17.7 Å². The molecule has 0 unspecified atom stereocenters. The Morgan fingerprint density at radius 3 is 2.62 bits per heavy atom. The molecule has 0 radical (unpaired) electrons. The number of aromatic nitrogens is 1. The molecule has 1 aromatic heterocycles. The third-order valence-electron chi connectivity index (χ3n) is 2.71. The molecule has 0 aliphatic carbocycles. The van der Waals surface area contributed by atoms with Crippen molar-refractivity contribution in [3.05, 3.63) is 65.2 Å². The van der Waals surface area contributed by atoms with Crippen LogP contribution in [0.2, 0.25) is 0 Å². The van der Waals surface area contributed by atoms with Gasteiger partial charge < -0.3 is 5.32 Å². The molecular weight excluding hydrogens is 288 g/mol. The summed E-state index contributed by atoms with van der Waals surface area (Å²) < 4.78 is 50.8. The van der Waals surface area contributed by atoms with E-state index in [1.54, 1.807) is 18.3 Å². The highest BCUT2D eigenvalue weighted by molar-refractivity contribution is 5.94. The molecule has 1 amide bonds. The molecule has 1 N–H and O–H groups in total. The fourth-order valence-corrected chi connectivity index (χ4v) is 1.67. The summed E-state index contributed by atoms with van der Waals surface area (Å²) in [6, 6.07) is 5.50. The van der Waals surface area contributed by atoms with Crippen LogP contribution in [0.1, 0.15) is 21.5 Å². The van der Waals surface area contributed by atoms with Gasteiger partial charge in [0.15, 0.2) is 0 Å². The number of nitrogens with zero attached hydrogens (tertiary/aromatic N) is 1. The normalized spacial score (nSPS) is 11.2. The minimum atomic E-state index is -4.84. The number of carbonyl (C=O) groups is 1. The molecule has 110 valence electrons. The monoisotopic (exact) mass is 298 g/mol. The summed E-state index contributed by atoms with van der Waals surface area (Å²) in [6.07, 6.45) is -1.77. The lowest BCUT2D eigenvalue weighted by Gasteiger charge is -2.10. The number of rotatable bonds is 3. The van der Waals surface area contributed by atoms with Gasteiger partial charge in [0.05, 0.1) is 5.56 Å². The van der Waals surface area contributed by atoms with E-state index in [-0.39, 0.29) is 12.1 Å². The van der Waals surface area contributed by atoms with Gasteiger partial charge in [-0.15, -0.1) is 0 Å². The Labute approximate surface area is 117 Å². The van der Waals surface area contributed by atoms with Crippen LogP contribution in [-0.2, 0) is 12.7 Å². The number of amides is 1. The second-order valence-electron chi connectivity index (χ2n) is 4.24. The Bertz CT molecular complexity index is 641. The van der Waals surface area contributed by atoms with Crippen molar-refractivity contribution in [2.45, 2.75) is 12.7 Å². The zero-order valence-corrected chi connectivity index (χ0v) is 10.6. The Morgan fingerprint density at radius 1 is 1.24 bits per heavy atom. The number of carbonyl (C=O) groups excluding carboxylic acids is 1. The third kappa shape index (κ3) is 3.77. The lowest BCUT2D eigenvalue weighted by molar-refractivity contribution is -0.140. The van der Waals surface area contributed by atoms with Gasteiger partial charge >= 0.3 is 6.18 Å². The number of benzene rings is 1. The van der Waals surface area contributed by atoms with Crippen LogP contribution < -0.4 is 5.32 Å². The van der Waals surface area contributed by atoms with Crippen molar-refractivity contribution in [1.29, 1.82) is 0 Å². The molecule has 3 nitrogen and oxygen atoms in total. The number of alkyl halides is 3. The third-order valence-corrected chi connectivity index (χ3v) is 2.71. The fourth-order valence-electron chi connectivity index (χ4n) is 1.67. The van der Waals surface area contributed by atoms with Gasteiger partial charge in [-0.2, -0.15) is 13.2 Å². The minimum Gasteiger partial charge on any atom is -0.348 e. The van der Waals surface area contributed by atoms with E-state index in [2.05, 4.69) is 10.3 Å². The van der Waals surface area contributed by atoms with E-state index in [1.165, 1.54) is 6.20 Å². The van der Waals surface area contributed by atoms with Gasteiger partial charge in [-0.05, 0) is 29.8 Å². The summed E-state index contributed by atoms with van der Waals surface area (Å²) in [6.45, 7) is 0.116. The van der Waals surface area contributed by atoms with Crippen LogP contribution in [0.5, 0.6) is 0 Å². The maximum Gasteiger partial charge on any atom is 0.419 e. The highest BCUT2D eigenvalue weighted by Crippen LogP contribution is 2.31. The summed E-state index contributed by atoms with van der Waals surface area (Å²) in [4.78, 5) is 15.6. The number of halogens is 4. The highest BCUT2D eigenvalue weighted by atomic mass is 19.4. The van der Waals surface area contributed by atoms with Crippen LogP contribution in [0.4, 0.5) is 17.6 Å². The van der Waals surface area contributed by atoms with Crippen LogP contribution in [0.15, 0.2) is 42.7 Å². The van der Waals surface area contributed by atoms with Crippen molar-refractivity contribution in [3.63, 3.8) is 0 Å². The topological polar surface area (TPSA) is 42.0 Å². The maximum absolute atomic E-state index is 13.1. The molecule has 0 spiro atoms. The second-order valence-corrected chi connectivity index (χ2v) is 4.24. The van der Waals surface area contributed by atoms with Crippen LogP contribution in [0, 0.1) is 5.82 Å². The molecule has 0 atom stereocenters. The van der Waals surface area contributed by atoms with Crippen LogP contribution in [0.3, 0.4) is 0 Å². The quantitative estimate of drug-likeness (QED) is 0.884. The first-order valence-electron chi connectivity index (χ1n) is 5.92. The van der Waals surface area contributed by atoms with Crippen molar-refractivity contribution >= 4 is 5.91 Å².